The van der Waals surface area contributed by atoms with Gasteiger partial charge in [-0.15, -0.1) is 0 Å². The molecule has 1 aromatic heterocycles. The van der Waals surface area contributed by atoms with E-state index in [4.69, 9.17) is 16.3 Å². The van der Waals surface area contributed by atoms with Crippen molar-refractivity contribution in [3.63, 3.8) is 0 Å². The fourth-order valence-corrected chi connectivity index (χ4v) is 2.22. The first-order valence-electron chi connectivity index (χ1n) is 6.86. The third-order valence-corrected chi connectivity index (χ3v) is 3.52. The number of pyridine rings is 1. The Morgan fingerprint density at radius 2 is 1.86 bits per heavy atom. The standard InChI is InChI=1S/C16H17ClF3NO/c1-15(2,3)5-7-22-14-4-6-21-13-9-11(16(18,19)20)12(17)8-10(13)14/h4,6,8-9H,5,7H2,1-3H3. The van der Waals surface area contributed by atoms with E-state index in [-0.39, 0.29) is 16.0 Å². The van der Waals surface area contributed by atoms with Crippen molar-refractivity contribution in [3.05, 3.63) is 35.0 Å². The van der Waals surface area contributed by atoms with Gasteiger partial charge in [0.15, 0.2) is 0 Å². The SMILES string of the molecule is CC(C)(C)CCOc1ccnc2cc(C(F)(F)F)c(Cl)cc12. The predicted octanol–water partition coefficient (Wildman–Crippen LogP) is 5.72. The van der Waals surface area contributed by atoms with Gasteiger partial charge >= 0.3 is 6.18 Å². The number of fused-ring (bicyclic) bond motifs is 1. The highest BCUT2D eigenvalue weighted by Gasteiger charge is 2.33. The second-order valence-electron chi connectivity index (χ2n) is 6.32. The molecule has 0 spiro atoms. The zero-order valence-corrected chi connectivity index (χ0v) is 13.3. The number of halogens is 4. The quantitative estimate of drug-likeness (QED) is 0.717. The van der Waals surface area contributed by atoms with Crippen molar-refractivity contribution in [2.24, 2.45) is 5.41 Å². The molecule has 0 amide bonds. The van der Waals surface area contributed by atoms with Crippen molar-refractivity contribution in [3.8, 4) is 5.75 Å². The molecule has 0 fully saturated rings. The van der Waals surface area contributed by atoms with Crippen LogP contribution in [0.3, 0.4) is 0 Å². The van der Waals surface area contributed by atoms with Gasteiger partial charge in [0.05, 0.1) is 22.7 Å². The van der Waals surface area contributed by atoms with Crippen molar-refractivity contribution in [1.82, 2.24) is 4.98 Å². The second kappa shape index (κ2) is 5.95. The monoisotopic (exact) mass is 331 g/mol. The molecule has 0 aliphatic carbocycles. The van der Waals surface area contributed by atoms with E-state index in [9.17, 15) is 13.2 Å². The summed E-state index contributed by atoms with van der Waals surface area (Å²) in [4.78, 5) is 3.98. The molecule has 6 heteroatoms. The van der Waals surface area contributed by atoms with Crippen molar-refractivity contribution < 1.29 is 17.9 Å². The number of hydrogen-bond donors (Lipinski definition) is 0. The summed E-state index contributed by atoms with van der Waals surface area (Å²) in [5.41, 5.74) is -0.560. The Kier molecular flexibility index (Phi) is 4.57. The van der Waals surface area contributed by atoms with Crippen LogP contribution < -0.4 is 4.74 Å². The first kappa shape index (κ1) is 16.9. The normalized spacial score (nSPS) is 12.7. The fourth-order valence-electron chi connectivity index (χ4n) is 1.95. The third kappa shape index (κ3) is 4.03. The number of hydrogen-bond acceptors (Lipinski definition) is 2. The minimum Gasteiger partial charge on any atom is -0.493 e. The lowest BCUT2D eigenvalue weighted by molar-refractivity contribution is -0.137. The maximum absolute atomic E-state index is 12.9. The van der Waals surface area contributed by atoms with E-state index in [1.165, 1.54) is 12.3 Å². The predicted molar refractivity (Wildman–Crippen MR) is 81.3 cm³/mol. The Morgan fingerprint density at radius 1 is 1.18 bits per heavy atom. The minimum atomic E-state index is -4.50. The number of ether oxygens (including phenoxy) is 1. The lowest BCUT2D eigenvalue weighted by atomic mass is 9.93. The van der Waals surface area contributed by atoms with Crippen LogP contribution in [0.2, 0.25) is 5.02 Å². The first-order chi connectivity index (χ1) is 10.1. The highest BCUT2D eigenvalue weighted by atomic mass is 35.5. The summed E-state index contributed by atoms with van der Waals surface area (Å²) < 4.78 is 44.3. The number of aromatic nitrogens is 1. The van der Waals surface area contributed by atoms with Crippen LogP contribution in [0.1, 0.15) is 32.8 Å². The highest BCUT2D eigenvalue weighted by Crippen LogP contribution is 2.38. The number of benzene rings is 1. The van der Waals surface area contributed by atoms with Crippen LogP contribution in [0.25, 0.3) is 10.9 Å². The van der Waals surface area contributed by atoms with E-state index in [2.05, 4.69) is 25.8 Å². The van der Waals surface area contributed by atoms with Crippen molar-refractivity contribution in [2.45, 2.75) is 33.4 Å². The van der Waals surface area contributed by atoms with Gasteiger partial charge in [0.2, 0.25) is 0 Å². The van der Waals surface area contributed by atoms with Gasteiger partial charge in [-0.2, -0.15) is 13.2 Å². The molecule has 0 saturated carbocycles. The average Bonchev–Trinajstić information content (AvgIpc) is 2.36. The summed E-state index contributed by atoms with van der Waals surface area (Å²) in [7, 11) is 0. The molecule has 0 bridgehead atoms. The summed E-state index contributed by atoms with van der Waals surface area (Å²) in [6.45, 7) is 6.75. The van der Waals surface area contributed by atoms with Gasteiger partial charge in [-0.3, -0.25) is 4.98 Å². The van der Waals surface area contributed by atoms with E-state index in [0.717, 1.165) is 12.5 Å². The Hall–Kier alpha value is -1.49. The summed E-state index contributed by atoms with van der Waals surface area (Å²) in [6, 6.07) is 3.85. The number of rotatable bonds is 3. The Balaban J connectivity index is 2.35. The zero-order chi connectivity index (χ0) is 16.5. The molecule has 0 unspecified atom stereocenters. The van der Waals surface area contributed by atoms with E-state index in [1.807, 2.05) is 0 Å². The minimum absolute atomic E-state index is 0.115. The van der Waals surface area contributed by atoms with E-state index >= 15 is 0 Å². The molecule has 0 aliphatic rings. The highest BCUT2D eigenvalue weighted by molar-refractivity contribution is 6.32. The Morgan fingerprint density at radius 3 is 2.45 bits per heavy atom. The molecule has 2 rings (SSSR count). The Labute approximate surface area is 132 Å². The van der Waals surface area contributed by atoms with Gasteiger partial charge in [0.1, 0.15) is 5.75 Å². The van der Waals surface area contributed by atoms with Crippen LogP contribution in [-0.2, 0) is 6.18 Å². The molecule has 120 valence electrons. The first-order valence-corrected chi connectivity index (χ1v) is 7.24. The lowest BCUT2D eigenvalue weighted by Crippen LogP contribution is -2.11. The van der Waals surface area contributed by atoms with E-state index < -0.39 is 11.7 Å². The summed E-state index contributed by atoms with van der Waals surface area (Å²) in [5, 5.41) is 0.128. The molecule has 0 radical (unpaired) electrons. The second-order valence-corrected chi connectivity index (χ2v) is 6.72. The van der Waals surface area contributed by atoms with Crippen molar-refractivity contribution in [1.29, 1.82) is 0 Å². The summed E-state index contributed by atoms with van der Waals surface area (Å²) >= 11 is 5.76. The maximum Gasteiger partial charge on any atom is 0.417 e. The maximum atomic E-state index is 12.9. The summed E-state index contributed by atoms with van der Waals surface area (Å²) in [6.07, 6.45) is -2.25. The molecule has 0 N–H and O–H groups in total. The van der Waals surface area contributed by atoms with Crippen LogP contribution in [-0.4, -0.2) is 11.6 Å². The Bertz CT molecular complexity index is 677. The lowest BCUT2D eigenvalue weighted by Gasteiger charge is -2.18. The molecule has 2 aromatic rings. The van der Waals surface area contributed by atoms with Crippen molar-refractivity contribution in [2.75, 3.05) is 6.61 Å². The average molecular weight is 332 g/mol. The van der Waals surface area contributed by atoms with Gasteiger partial charge < -0.3 is 4.74 Å². The van der Waals surface area contributed by atoms with Crippen LogP contribution >= 0.6 is 11.6 Å². The fraction of sp³-hybridized carbons (Fsp3) is 0.438. The smallest absolute Gasteiger partial charge is 0.417 e. The van der Waals surface area contributed by atoms with Crippen LogP contribution in [0, 0.1) is 5.41 Å². The van der Waals surface area contributed by atoms with Gasteiger partial charge in [0, 0.05) is 11.6 Å². The number of nitrogens with zero attached hydrogens (tertiary/aromatic N) is 1. The van der Waals surface area contributed by atoms with Crippen LogP contribution in [0.4, 0.5) is 13.2 Å². The van der Waals surface area contributed by atoms with Crippen LogP contribution in [0.5, 0.6) is 5.75 Å². The third-order valence-electron chi connectivity index (χ3n) is 3.21. The molecule has 0 aliphatic heterocycles. The van der Waals surface area contributed by atoms with Gasteiger partial charge in [-0.25, -0.2) is 0 Å². The topological polar surface area (TPSA) is 22.1 Å². The van der Waals surface area contributed by atoms with E-state index in [0.29, 0.717) is 17.7 Å². The van der Waals surface area contributed by atoms with Crippen LogP contribution in [0.15, 0.2) is 24.4 Å². The largest absolute Gasteiger partial charge is 0.493 e. The molecular formula is C16H17ClF3NO. The molecule has 0 saturated heterocycles. The zero-order valence-electron chi connectivity index (χ0n) is 12.6. The summed E-state index contributed by atoms with van der Waals surface area (Å²) in [5.74, 6) is 0.491. The molecular weight excluding hydrogens is 315 g/mol. The van der Waals surface area contributed by atoms with Gasteiger partial charge in [-0.05, 0) is 30.0 Å². The van der Waals surface area contributed by atoms with Gasteiger partial charge in [0.25, 0.3) is 0 Å². The van der Waals surface area contributed by atoms with E-state index in [1.54, 1.807) is 6.07 Å². The molecule has 0 atom stereocenters. The molecule has 2 nitrogen and oxygen atoms in total. The molecule has 22 heavy (non-hydrogen) atoms. The molecule has 1 heterocycles. The van der Waals surface area contributed by atoms with Crippen molar-refractivity contribution >= 4 is 22.5 Å². The van der Waals surface area contributed by atoms with Gasteiger partial charge in [-0.1, -0.05) is 32.4 Å². The number of alkyl halides is 3. The molecule has 1 aromatic carbocycles.